The lowest BCUT2D eigenvalue weighted by Gasteiger charge is -2.36. The van der Waals surface area contributed by atoms with Gasteiger partial charge in [-0.3, -0.25) is 19.8 Å². The number of carbonyl (C=O) groups is 3. The second kappa shape index (κ2) is 11.5. The molecular formula is C28H35N3O7Si. The van der Waals surface area contributed by atoms with E-state index in [2.05, 4.69) is 31.5 Å². The highest BCUT2D eigenvalue weighted by molar-refractivity contribution is 6.76. The topological polar surface area (TPSA) is 118 Å². The van der Waals surface area contributed by atoms with Crippen molar-refractivity contribution < 1.29 is 33.7 Å². The summed E-state index contributed by atoms with van der Waals surface area (Å²) in [4.78, 5) is 42.8. The number of methoxy groups -OCH3 is 1. The van der Waals surface area contributed by atoms with Crippen LogP contribution in [-0.4, -0.2) is 69.1 Å². The Morgan fingerprint density at radius 1 is 1.21 bits per heavy atom. The van der Waals surface area contributed by atoms with Crippen LogP contribution < -0.4 is 15.0 Å². The van der Waals surface area contributed by atoms with Gasteiger partial charge in [-0.15, -0.1) is 0 Å². The summed E-state index contributed by atoms with van der Waals surface area (Å²) < 4.78 is 16.2. The number of benzene rings is 2. The van der Waals surface area contributed by atoms with Crippen LogP contribution >= 0.6 is 0 Å². The van der Waals surface area contributed by atoms with Crippen LogP contribution in [0, 0.1) is 0 Å². The van der Waals surface area contributed by atoms with E-state index in [1.807, 2.05) is 6.07 Å². The van der Waals surface area contributed by atoms with Crippen molar-refractivity contribution in [3.63, 3.8) is 0 Å². The molecule has 39 heavy (non-hydrogen) atoms. The van der Waals surface area contributed by atoms with Gasteiger partial charge in [-0.1, -0.05) is 38.4 Å². The third kappa shape index (κ3) is 6.26. The van der Waals surface area contributed by atoms with Gasteiger partial charge in [-0.2, -0.15) is 0 Å². The van der Waals surface area contributed by atoms with Crippen LogP contribution in [0.2, 0.25) is 25.7 Å². The molecule has 0 bridgehead atoms. The minimum atomic E-state index is -1.35. The van der Waals surface area contributed by atoms with Crippen molar-refractivity contribution in [3.8, 4) is 11.5 Å². The first-order valence-electron chi connectivity index (χ1n) is 12.8. The van der Waals surface area contributed by atoms with E-state index in [0.29, 0.717) is 18.7 Å². The number of amides is 3. The predicted molar refractivity (Wildman–Crippen MR) is 150 cm³/mol. The van der Waals surface area contributed by atoms with Crippen LogP contribution in [-0.2, 0) is 27.2 Å². The molecule has 0 saturated carbocycles. The predicted octanol–water partition coefficient (Wildman–Crippen LogP) is 4.36. The zero-order chi connectivity index (χ0) is 28.3. The van der Waals surface area contributed by atoms with Crippen molar-refractivity contribution in [3.05, 3.63) is 59.7 Å². The average Bonchev–Trinajstić information content (AvgIpc) is 2.96. The highest BCUT2D eigenvalue weighted by atomic mass is 28.3. The van der Waals surface area contributed by atoms with Crippen molar-refractivity contribution in [1.29, 1.82) is 0 Å². The second-order valence-corrected chi connectivity index (χ2v) is 16.4. The molecule has 0 fully saturated rings. The van der Waals surface area contributed by atoms with Gasteiger partial charge in [0.05, 0.1) is 18.4 Å². The molecule has 208 valence electrons. The third-order valence-electron chi connectivity index (χ3n) is 6.76. The molecule has 2 aliphatic rings. The quantitative estimate of drug-likeness (QED) is 0.269. The van der Waals surface area contributed by atoms with Gasteiger partial charge in [-0.05, 0) is 35.4 Å². The summed E-state index contributed by atoms with van der Waals surface area (Å²) in [6, 6.07) is 8.36. The number of fused-ring (bicyclic) bond motifs is 3. The molecule has 4 rings (SSSR count). The summed E-state index contributed by atoms with van der Waals surface area (Å²) in [7, 11) is 0.0520. The molecule has 3 amide bonds. The van der Waals surface area contributed by atoms with Gasteiger partial charge < -0.3 is 24.2 Å². The summed E-state index contributed by atoms with van der Waals surface area (Å²) in [6.45, 7) is 11.0. The Hall–Kier alpha value is -3.83. The number of rotatable bonds is 9. The first-order valence-corrected chi connectivity index (χ1v) is 16.5. The molecule has 0 aromatic heterocycles. The van der Waals surface area contributed by atoms with Gasteiger partial charge in [0, 0.05) is 39.4 Å². The fourth-order valence-electron chi connectivity index (χ4n) is 4.62. The standard InChI is InChI=1S/C28H35N3O7Si/c1-6-9-38-28(35)29-20-8-7-18-13-23-27(34)31(17-37-10-11-39(3,4)5)22-15-24(32)25(36-2)14-21(22)26(33)30(23)16-19(18)12-20/h6-8,12,14-15,23,32H,1,9-11,13,16-17H2,2-5H3,(H,29,35)/t23-/m0/s1. The summed E-state index contributed by atoms with van der Waals surface area (Å²) in [5, 5.41) is 13.2. The number of ether oxygens (including phenoxy) is 3. The maximum atomic E-state index is 13.9. The Morgan fingerprint density at radius 2 is 1.97 bits per heavy atom. The summed E-state index contributed by atoms with van der Waals surface area (Å²) in [6.07, 6.45) is 1.15. The molecule has 2 aromatic rings. The van der Waals surface area contributed by atoms with Gasteiger partial charge >= 0.3 is 6.09 Å². The van der Waals surface area contributed by atoms with Gasteiger partial charge in [-0.25, -0.2) is 4.79 Å². The van der Waals surface area contributed by atoms with E-state index in [4.69, 9.17) is 14.2 Å². The molecule has 0 spiro atoms. The molecule has 0 radical (unpaired) electrons. The number of aromatic hydroxyl groups is 1. The van der Waals surface area contributed by atoms with Crippen molar-refractivity contribution in [2.75, 3.05) is 37.3 Å². The van der Waals surface area contributed by atoms with E-state index in [0.717, 1.165) is 17.2 Å². The Balaban J connectivity index is 1.66. The smallest absolute Gasteiger partial charge is 0.411 e. The SMILES string of the molecule is C=CCOC(=O)Nc1ccc2c(c1)CN1C(=O)c3cc(OC)c(O)cc3N(COCC[Si](C)(C)C)C(=O)[C@@H]1C2. The van der Waals surface area contributed by atoms with Crippen LogP contribution in [0.25, 0.3) is 0 Å². The van der Waals surface area contributed by atoms with Crippen molar-refractivity contribution in [1.82, 2.24) is 4.90 Å². The van der Waals surface area contributed by atoms with Crippen molar-refractivity contribution >= 4 is 37.4 Å². The maximum absolute atomic E-state index is 13.9. The van der Waals surface area contributed by atoms with E-state index in [1.165, 1.54) is 35.1 Å². The molecule has 1 atom stereocenters. The number of hydrogen-bond acceptors (Lipinski definition) is 7. The van der Waals surface area contributed by atoms with Crippen molar-refractivity contribution in [2.24, 2.45) is 0 Å². The summed E-state index contributed by atoms with van der Waals surface area (Å²) >= 11 is 0. The average molecular weight is 554 g/mol. The highest BCUT2D eigenvalue weighted by Gasteiger charge is 2.43. The molecule has 0 unspecified atom stereocenters. The number of nitrogens with one attached hydrogen (secondary N) is 1. The summed E-state index contributed by atoms with van der Waals surface area (Å²) in [5.74, 6) is -0.693. The molecule has 2 N–H and O–H groups in total. The van der Waals surface area contributed by atoms with Gasteiger partial charge in [0.25, 0.3) is 11.8 Å². The minimum absolute atomic E-state index is 0.0394. The second-order valence-electron chi connectivity index (χ2n) is 10.8. The van der Waals surface area contributed by atoms with E-state index < -0.39 is 20.2 Å². The normalized spacial score (nSPS) is 16.6. The molecule has 2 heterocycles. The van der Waals surface area contributed by atoms with Crippen LogP contribution in [0.15, 0.2) is 43.0 Å². The Labute approximate surface area is 229 Å². The van der Waals surface area contributed by atoms with E-state index in [-0.39, 0.29) is 54.4 Å². The van der Waals surface area contributed by atoms with E-state index in [1.54, 1.807) is 12.1 Å². The van der Waals surface area contributed by atoms with Crippen LogP contribution in [0.5, 0.6) is 11.5 Å². The molecule has 10 nitrogen and oxygen atoms in total. The first kappa shape index (κ1) is 28.2. The Morgan fingerprint density at radius 3 is 2.67 bits per heavy atom. The van der Waals surface area contributed by atoms with Gasteiger partial charge in [0.2, 0.25) is 0 Å². The number of phenolic OH excluding ortho intramolecular Hbond substituents is 1. The Kier molecular flexibility index (Phi) is 8.31. The fraction of sp³-hybridized carbons (Fsp3) is 0.393. The van der Waals surface area contributed by atoms with E-state index >= 15 is 0 Å². The highest BCUT2D eigenvalue weighted by Crippen LogP contribution is 2.39. The molecule has 2 aliphatic heterocycles. The number of hydrogen-bond donors (Lipinski definition) is 2. The zero-order valence-corrected chi connectivity index (χ0v) is 23.8. The van der Waals surface area contributed by atoms with Crippen LogP contribution in [0.4, 0.5) is 16.2 Å². The monoisotopic (exact) mass is 553 g/mol. The number of anilines is 2. The molecule has 0 saturated heterocycles. The zero-order valence-electron chi connectivity index (χ0n) is 22.8. The first-order chi connectivity index (χ1) is 18.5. The largest absolute Gasteiger partial charge is 0.504 e. The van der Waals surface area contributed by atoms with E-state index in [9.17, 15) is 19.5 Å². The molecular weight excluding hydrogens is 518 g/mol. The minimum Gasteiger partial charge on any atom is -0.504 e. The molecule has 0 aliphatic carbocycles. The maximum Gasteiger partial charge on any atom is 0.411 e. The van der Waals surface area contributed by atoms with Crippen molar-refractivity contribution in [2.45, 2.75) is 44.7 Å². The Bertz CT molecular complexity index is 1290. The number of nitrogens with zero attached hydrogens (tertiary/aromatic N) is 2. The molecule has 11 heteroatoms. The molecule has 2 aromatic carbocycles. The van der Waals surface area contributed by atoms with Gasteiger partial charge in [0.15, 0.2) is 11.5 Å². The third-order valence-corrected chi connectivity index (χ3v) is 8.47. The number of phenols is 1. The van der Waals surface area contributed by atoms with Gasteiger partial charge in [0.1, 0.15) is 19.4 Å². The number of carbonyl (C=O) groups excluding carboxylic acids is 3. The lowest BCUT2D eigenvalue weighted by atomic mass is 9.92. The lowest BCUT2D eigenvalue weighted by molar-refractivity contribution is -0.124. The fourth-order valence-corrected chi connectivity index (χ4v) is 5.38. The lowest BCUT2D eigenvalue weighted by Crippen LogP contribution is -2.52. The summed E-state index contributed by atoms with van der Waals surface area (Å²) in [5.41, 5.74) is 2.73. The van der Waals surface area contributed by atoms with Crippen LogP contribution in [0.1, 0.15) is 21.5 Å². The van der Waals surface area contributed by atoms with Crippen LogP contribution in [0.3, 0.4) is 0 Å².